The van der Waals surface area contributed by atoms with Crippen molar-refractivity contribution in [1.82, 2.24) is 5.32 Å². The summed E-state index contributed by atoms with van der Waals surface area (Å²) >= 11 is 0. The smallest absolute Gasteiger partial charge is 0.252 e. The molecule has 1 aliphatic heterocycles. The minimum atomic E-state index is -1.09. The molecular weight excluding hydrogens is 500 g/mol. The van der Waals surface area contributed by atoms with Crippen molar-refractivity contribution >= 4 is 11.8 Å². The van der Waals surface area contributed by atoms with E-state index in [1.807, 2.05) is 36.4 Å². The Balaban J connectivity index is 1.47. The molecule has 2 fully saturated rings. The predicted octanol–water partition coefficient (Wildman–Crippen LogP) is 6.40. The minimum Gasteiger partial charge on any atom is -0.367 e. The van der Waals surface area contributed by atoms with Crippen molar-refractivity contribution in [2.75, 3.05) is 0 Å². The fourth-order valence-corrected chi connectivity index (χ4v) is 6.18. The van der Waals surface area contributed by atoms with Gasteiger partial charge in [-0.15, -0.1) is 0 Å². The Morgan fingerprint density at radius 2 is 1.07 bits per heavy atom. The SMILES string of the molecule is NC(=O)C1OC2(CCCCCCCCCCCCCC2)OC1C(=O)NC(Cc1ccccc1)Cc1ccccc1. The Bertz CT molecular complexity index is 971. The van der Waals surface area contributed by atoms with Gasteiger partial charge in [-0.3, -0.25) is 9.59 Å². The number of benzene rings is 2. The highest BCUT2D eigenvalue weighted by Crippen LogP contribution is 2.38. The van der Waals surface area contributed by atoms with Crippen molar-refractivity contribution in [2.45, 2.75) is 127 Å². The molecule has 1 heterocycles. The molecule has 0 aromatic heterocycles. The summed E-state index contributed by atoms with van der Waals surface area (Å²) in [6, 6.07) is 20.1. The van der Waals surface area contributed by atoms with Crippen molar-refractivity contribution < 1.29 is 19.1 Å². The van der Waals surface area contributed by atoms with Gasteiger partial charge >= 0.3 is 0 Å². The average molecular weight is 549 g/mol. The third kappa shape index (κ3) is 9.45. The first-order valence-corrected chi connectivity index (χ1v) is 15.6. The van der Waals surface area contributed by atoms with Crippen molar-refractivity contribution in [1.29, 1.82) is 0 Å². The van der Waals surface area contributed by atoms with Crippen LogP contribution in [0.25, 0.3) is 0 Å². The molecule has 4 rings (SSSR count). The molecule has 3 N–H and O–H groups in total. The summed E-state index contributed by atoms with van der Waals surface area (Å²) in [6.45, 7) is 0. The number of nitrogens with one attached hydrogen (secondary N) is 1. The monoisotopic (exact) mass is 548 g/mol. The maximum absolute atomic E-state index is 13.8. The molecule has 2 aromatic rings. The molecule has 0 bridgehead atoms. The lowest BCUT2D eigenvalue weighted by molar-refractivity contribution is -0.189. The van der Waals surface area contributed by atoms with Gasteiger partial charge in [-0.2, -0.15) is 0 Å². The van der Waals surface area contributed by atoms with Crippen LogP contribution in [0.1, 0.15) is 101 Å². The molecule has 1 saturated carbocycles. The number of amides is 2. The molecule has 2 unspecified atom stereocenters. The van der Waals surface area contributed by atoms with Gasteiger partial charge in [0.05, 0.1) is 0 Å². The van der Waals surface area contributed by atoms with Crippen molar-refractivity contribution in [3.05, 3.63) is 71.8 Å². The van der Waals surface area contributed by atoms with E-state index in [4.69, 9.17) is 15.2 Å². The summed E-state index contributed by atoms with van der Waals surface area (Å²) in [5, 5.41) is 3.20. The molecule has 2 amide bonds. The van der Waals surface area contributed by atoms with Gasteiger partial charge in [0.2, 0.25) is 5.91 Å². The van der Waals surface area contributed by atoms with E-state index in [2.05, 4.69) is 29.6 Å². The van der Waals surface area contributed by atoms with E-state index in [-0.39, 0.29) is 11.9 Å². The number of hydrogen-bond acceptors (Lipinski definition) is 4. The number of rotatable bonds is 7. The van der Waals surface area contributed by atoms with E-state index < -0.39 is 23.9 Å². The summed E-state index contributed by atoms with van der Waals surface area (Å²) in [5.74, 6) is -1.90. The molecule has 6 nitrogen and oxygen atoms in total. The highest BCUT2D eigenvalue weighted by Gasteiger charge is 2.52. The number of ether oxygens (including phenoxy) is 2. The van der Waals surface area contributed by atoms with E-state index in [1.54, 1.807) is 0 Å². The minimum absolute atomic E-state index is 0.168. The topological polar surface area (TPSA) is 90.7 Å². The Hall–Kier alpha value is -2.70. The second-order valence-electron chi connectivity index (χ2n) is 11.7. The summed E-state index contributed by atoms with van der Waals surface area (Å²) in [6.07, 6.45) is 14.8. The molecule has 6 heteroatoms. The third-order valence-corrected chi connectivity index (χ3v) is 8.36. The highest BCUT2D eigenvalue weighted by molar-refractivity contribution is 5.91. The van der Waals surface area contributed by atoms with E-state index in [0.29, 0.717) is 25.7 Å². The quantitative estimate of drug-likeness (QED) is 0.419. The molecule has 1 saturated heterocycles. The van der Waals surface area contributed by atoms with E-state index >= 15 is 0 Å². The van der Waals surface area contributed by atoms with Crippen LogP contribution >= 0.6 is 0 Å². The van der Waals surface area contributed by atoms with E-state index in [1.165, 1.54) is 51.4 Å². The van der Waals surface area contributed by atoms with Crippen LogP contribution in [0, 0.1) is 0 Å². The second kappa shape index (κ2) is 15.9. The van der Waals surface area contributed by atoms with E-state index in [0.717, 1.165) is 36.8 Å². The van der Waals surface area contributed by atoms with Crippen LogP contribution in [0.2, 0.25) is 0 Å². The molecule has 218 valence electrons. The fourth-order valence-electron chi connectivity index (χ4n) is 6.18. The van der Waals surface area contributed by atoms with Gasteiger partial charge in [-0.1, -0.05) is 125 Å². The first-order valence-electron chi connectivity index (χ1n) is 15.6. The molecule has 2 aliphatic rings. The summed E-state index contributed by atoms with van der Waals surface area (Å²) in [4.78, 5) is 26.3. The zero-order valence-corrected chi connectivity index (χ0v) is 24.0. The second-order valence-corrected chi connectivity index (χ2v) is 11.7. The van der Waals surface area contributed by atoms with Crippen LogP contribution in [0.5, 0.6) is 0 Å². The Morgan fingerprint density at radius 3 is 1.50 bits per heavy atom. The van der Waals surface area contributed by atoms with E-state index in [9.17, 15) is 9.59 Å². The molecule has 1 aliphatic carbocycles. The standard InChI is InChI=1S/C34H48N2O4/c35-32(37)30-31(40-34(39-30)23-17-9-7-5-3-1-2-4-6-8-10-18-24-34)33(38)36-29(25-27-19-13-11-14-20-27)26-28-21-15-12-16-22-28/h11-16,19-22,29-31H,1-10,17-18,23-26H2,(H2,35,37)(H,36,38). The van der Waals surface area contributed by atoms with Gasteiger partial charge in [0.15, 0.2) is 18.0 Å². The van der Waals surface area contributed by atoms with Crippen LogP contribution in [-0.2, 0) is 31.9 Å². The van der Waals surface area contributed by atoms with Crippen molar-refractivity contribution in [3.63, 3.8) is 0 Å². The van der Waals surface area contributed by atoms with Crippen molar-refractivity contribution in [3.8, 4) is 0 Å². The Kier molecular flexibility index (Phi) is 12.0. The van der Waals surface area contributed by atoms with Gasteiger partial charge in [0.25, 0.3) is 5.91 Å². The maximum Gasteiger partial charge on any atom is 0.252 e. The molecule has 2 aromatic carbocycles. The zero-order chi connectivity index (χ0) is 28.0. The molecule has 0 radical (unpaired) electrons. The van der Waals surface area contributed by atoms with Gasteiger partial charge in [-0.05, 0) is 36.8 Å². The first-order chi connectivity index (χ1) is 19.5. The van der Waals surface area contributed by atoms with Crippen LogP contribution in [-0.4, -0.2) is 35.9 Å². The molecule has 1 spiro atoms. The van der Waals surface area contributed by atoms with Crippen molar-refractivity contribution in [2.24, 2.45) is 5.73 Å². The van der Waals surface area contributed by atoms with Gasteiger partial charge in [-0.25, -0.2) is 0 Å². The Labute approximate surface area is 240 Å². The summed E-state index contributed by atoms with van der Waals surface area (Å²) < 4.78 is 12.8. The number of primary amides is 1. The van der Waals surface area contributed by atoms with Crippen LogP contribution in [0.15, 0.2) is 60.7 Å². The van der Waals surface area contributed by atoms with Crippen LogP contribution in [0.3, 0.4) is 0 Å². The lowest BCUT2D eigenvalue weighted by Crippen LogP contribution is -2.50. The molecular formula is C34H48N2O4. The predicted molar refractivity (Wildman–Crippen MR) is 159 cm³/mol. The van der Waals surface area contributed by atoms with Crippen LogP contribution < -0.4 is 11.1 Å². The average Bonchev–Trinajstić information content (AvgIpc) is 3.34. The summed E-state index contributed by atoms with van der Waals surface area (Å²) in [7, 11) is 0. The maximum atomic E-state index is 13.8. The lowest BCUT2D eigenvalue weighted by Gasteiger charge is -2.28. The first kappa shape index (κ1) is 30.3. The van der Waals surface area contributed by atoms with Gasteiger partial charge < -0.3 is 20.5 Å². The third-order valence-electron chi connectivity index (χ3n) is 8.36. The summed E-state index contributed by atoms with van der Waals surface area (Å²) in [5.41, 5.74) is 8.07. The number of carbonyl (C=O) groups excluding carboxylic acids is 2. The molecule has 40 heavy (non-hydrogen) atoms. The number of nitrogens with two attached hydrogens (primary N) is 1. The van der Waals surface area contributed by atoms with Crippen LogP contribution in [0.4, 0.5) is 0 Å². The largest absolute Gasteiger partial charge is 0.367 e. The molecule has 2 atom stereocenters. The fraction of sp³-hybridized carbons (Fsp3) is 0.588. The normalized spacial score (nSPS) is 22.8. The highest BCUT2D eigenvalue weighted by atomic mass is 16.8. The van der Waals surface area contributed by atoms with Gasteiger partial charge in [0.1, 0.15) is 0 Å². The number of hydrogen-bond donors (Lipinski definition) is 2. The zero-order valence-electron chi connectivity index (χ0n) is 24.0. The Morgan fingerprint density at radius 1 is 0.675 bits per heavy atom. The number of carbonyl (C=O) groups is 2. The lowest BCUT2D eigenvalue weighted by atomic mass is 9.98. The van der Waals surface area contributed by atoms with Gasteiger partial charge in [0, 0.05) is 18.9 Å².